The third kappa shape index (κ3) is 5.55. The van der Waals surface area contributed by atoms with Crippen molar-refractivity contribution in [3.8, 4) is 0 Å². The van der Waals surface area contributed by atoms with Crippen LogP contribution in [0, 0.1) is 6.92 Å². The average molecular weight is 410 g/mol. The molecule has 0 bridgehead atoms. The third-order valence-corrected chi connectivity index (χ3v) is 6.48. The third-order valence-electron chi connectivity index (χ3n) is 3.49. The van der Waals surface area contributed by atoms with E-state index < -0.39 is 9.84 Å². The molecule has 2 aromatic rings. The van der Waals surface area contributed by atoms with Crippen molar-refractivity contribution >= 4 is 49.8 Å². The average Bonchev–Trinajstić information content (AvgIpc) is 2.62. The summed E-state index contributed by atoms with van der Waals surface area (Å²) < 4.78 is 30.5. The molecule has 0 atom stereocenters. The molecule has 8 heteroatoms. The van der Waals surface area contributed by atoms with Gasteiger partial charge in [0.2, 0.25) is 9.84 Å². The zero-order valence-electron chi connectivity index (χ0n) is 14.4. The van der Waals surface area contributed by atoms with Crippen LogP contribution >= 0.6 is 24.0 Å². The quantitative estimate of drug-likeness (QED) is 0.574. The maximum atomic E-state index is 12.7. The van der Waals surface area contributed by atoms with Crippen LogP contribution in [0.15, 0.2) is 58.3 Å². The number of thioether (sulfide) groups is 1. The largest absolute Gasteiger partial charge is 0.469 e. The molecule has 2 rings (SSSR count). The summed E-state index contributed by atoms with van der Waals surface area (Å²) in [6.45, 7) is 1.90. The molecule has 0 saturated carbocycles. The van der Waals surface area contributed by atoms with Crippen LogP contribution in [-0.4, -0.2) is 31.6 Å². The summed E-state index contributed by atoms with van der Waals surface area (Å²) in [4.78, 5) is 11.5. The molecule has 0 spiro atoms. The number of anilines is 1. The number of ether oxygens (including phenoxy) is 1. The van der Waals surface area contributed by atoms with Crippen molar-refractivity contribution in [2.24, 2.45) is 0 Å². The molecule has 0 aliphatic heterocycles. The van der Waals surface area contributed by atoms with Crippen LogP contribution in [0.1, 0.15) is 12.0 Å². The van der Waals surface area contributed by atoms with E-state index in [-0.39, 0.29) is 22.2 Å². The summed E-state index contributed by atoms with van der Waals surface area (Å²) in [6, 6.07) is 13.2. The van der Waals surface area contributed by atoms with Crippen LogP contribution in [0.4, 0.5) is 5.69 Å². The number of methoxy groups -OCH3 is 1. The molecule has 0 aliphatic carbocycles. The number of benzene rings is 2. The van der Waals surface area contributed by atoms with E-state index in [9.17, 15) is 13.2 Å². The fraction of sp³-hybridized carbons (Fsp3) is 0.222. The van der Waals surface area contributed by atoms with E-state index in [2.05, 4.69) is 10.1 Å². The number of aryl methyl sites for hydroxylation is 1. The standard InChI is InChI=1S/C18H19NO4S3/c1-13-6-8-15(9-7-13)26(21,22)16-5-3-4-14(12-16)19-18(24)25-11-10-17(20)23-2/h3-9,12H,10-11H2,1-2H3,(H,19,24). The van der Waals surface area contributed by atoms with Gasteiger partial charge in [0.1, 0.15) is 4.32 Å². The molecule has 0 saturated heterocycles. The van der Waals surface area contributed by atoms with E-state index in [0.29, 0.717) is 15.8 Å². The summed E-state index contributed by atoms with van der Waals surface area (Å²) in [5.74, 6) is 0.186. The molecular formula is C18H19NO4S3. The van der Waals surface area contributed by atoms with Crippen LogP contribution < -0.4 is 5.32 Å². The lowest BCUT2D eigenvalue weighted by molar-refractivity contribution is -0.140. The van der Waals surface area contributed by atoms with Crippen molar-refractivity contribution in [1.29, 1.82) is 0 Å². The number of nitrogens with one attached hydrogen (secondary N) is 1. The number of esters is 1. The number of carbonyl (C=O) groups is 1. The lowest BCUT2D eigenvalue weighted by atomic mass is 10.2. The van der Waals surface area contributed by atoms with Crippen molar-refractivity contribution < 1.29 is 17.9 Å². The van der Waals surface area contributed by atoms with Gasteiger partial charge in [-0.2, -0.15) is 0 Å². The van der Waals surface area contributed by atoms with Crippen molar-refractivity contribution in [3.63, 3.8) is 0 Å². The first-order valence-electron chi connectivity index (χ1n) is 7.75. The highest BCUT2D eigenvalue weighted by Gasteiger charge is 2.18. The SMILES string of the molecule is COC(=O)CCSC(=S)Nc1cccc(S(=O)(=O)c2ccc(C)cc2)c1. The molecule has 138 valence electrons. The first-order valence-corrected chi connectivity index (χ1v) is 10.6. The van der Waals surface area contributed by atoms with Crippen LogP contribution in [0.5, 0.6) is 0 Å². The van der Waals surface area contributed by atoms with Crippen LogP contribution in [0.2, 0.25) is 0 Å². The van der Waals surface area contributed by atoms with E-state index in [1.165, 1.54) is 18.9 Å². The smallest absolute Gasteiger partial charge is 0.306 e. The molecule has 0 radical (unpaired) electrons. The predicted molar refractivity (Wildman–Crippen MR) is 108 cm³/mol. The van der Waals surface area contributed by atoms with Gasteiger partial charge < -0.3 is 10.1 Å². The monoisotopic (exact) mass is 409 g/mol. The van der Waals surface area contributed by atoms with E-state index in [1.807, 2.05) is 6.92 Å². The second kappa shape index (κ2) is 9.16. The van der Waals surface area contributed by atoms with Gasteiger partial charge in [-0.25, -0.2) is 8.42 Å². The maximum Gasteiger partial charge on any atom is 0.306 e. The van der Waals surface area contributed by atoms with Crippen LogP contribution in [0.3, 0.4) is 0 Å². The first-order chi connectivity index (χ1) is 12.3. The van der Waals surface area contributed by atoms with E-state index in [1.54, 1.807) is 48.5 Å². The minimum Gasteiger partial charge on any atom is -0.469 e. The van der Waals surface area contributed by atoms with E-state index in [0.717, 1.165) is 5.56 Å². The molecule has 26 heavy (non-hydrogen) atoms. The van der Waals surface area contributed by atoms with Crippen LogP contribution in [-0.2, 0) is 19.4 Å². The zero-order chi connectivity index (χ0) is 19.2. The number of carbonyl (C=O) groups excluding carboxylic acids is 1. The normalized spacial score (nSPS) is 11.0. The Kier molecular flexibility index (Phi) is 7.19. The Morgan fingerprint density at radius 1 is 1.15 bits per heavy atom. The summed E-state index contributed by atoms with van der Waals surface area (Å²) in [5, 5.41) is 2.98. The fourth-order valence-corrected chi connectivity index (χ4v) is 4.40. The second-order valence-electron chi connectivity index (χ2n) is 5.43. The lowest BCUT2D eigenvalue weighted by Crippen LogP contribution is -2.09. The van der Waals surface area contributed by atoms with Crippen molar-refractivity contribution in [1.82, 2.24) is 0 Å². The van der Waals surface area contributed by atoms with Gasteiger partial charge in [0.25, 0.3) is 0 Å². The van der Waals surface area contributed by atoms with Crippen molar-refractivity contribution in [2.75, 3.05) is 18.2 Å². The van der Waals surface area contributed by atoms with Crippen molar-refractivity contribution in [3.05, 3.63) is 54.1 Å². The Hall–Kier alpha value is -1.90. The molecule has 1 N–H and O–H groups in total. The Morgan fingerprint density at radius 3 is 2.50 bits per heavy atom. The Labute approximate surface area is 163 Å². The molecule has 0 aliphatic rings. The minimum absolute atomic E-state index is 0.189. The lowest BCUT2D eigenvalue weighted by Gasteiger charge is -2.10. The molecule has 2 aromatic carbocycles. The summed E-state index contributed by atoms with van der Waals surface area (Å²) >= 11 is 6.52. The number of hydrogen-bond donors (Lipinski definition) is 1. The van der Waals surface area contributed by atoms with Gasteiger partial charge >= 0.3 is 5.97 Å². The van der Waals surface area contributed by atoms with Gasteiger partial charge in [0.15, 0.2) is 0 Å². The van der Waals surface area contributed by atoms with Gasteiger partial charge in [-0.15, -0.1) is 0 Å². The Balaban J connectivity index is 2.08. The number of rotatable bonds is 6. The molecule has 0 unspecified atom stereocenters. The maximum absolute atomic E-state index is 12.7. The highest BCUT2D eigenvalue weighted by Crippen LogP contribution is 2.24. The zero-order valence-corrected chi connectivity index (χ0v) is 16.8. The minimum atomic E-state index is -3.60. The molecule has 0 heterocycles. The highest BCUT2D eigenvalue weighted by atomic mass is 32.2. The summed E-state index contributed by atoms with van der Waals surface area (Å²) in [7, 11) is -2.26. The Bertz CT molecular complexity index is 893. The van der Waals surface area contributed by atoms with Gasteiger partial charge in [-0.3, -0.25) is 4.79 Å². The van der Waals surface area contributed by atoms with Gasteiger partial charge in [-0.1, -0.05) is 47.7 Å². The fourth-order valence-electron chi connectivity index (χ4n) is 2.08. The van der Waals surface area contributed by atoms with Gasteiger partial charge in [0, 0.05) is 11.4 Å². The molecule has 0 amide bonds. The number of hydrogen-bond acceptors (Lipinski definition) is 6. The summed E-state index contributed by atoms with van der Waals surface area (Å²) in [6.07, 6.45) is 0.255. The Morgan fingerprint density at radius 2 is 1.85 bits per heavy atom. The van der Waals surface area contributed by atoms with Gasteiger partial charge in [-0.05, 0) is 37.3 Å². The number of thiocarbonyl (C=S) groups is 1. The highest BCUT2D eigenvalue weighted by molar-refractivity contribution is 8.23. The molecule has 5 nitrogen and oxygen atoms in total. The second-order valence-corrected chi connectivity index (χ2v) is 9.15. The van der Waals surface area contributed by atoms with E-state index in [4.69, 9.17) is 12.2 Å². The van der Waals surface area contributed by atoms with Crippen molar-refractivity contribution in [2.45, 2.75) is 23.1 Å². The molecular weight excluding hydrogens is 390 g/mol. The van der Waals surface area contributed by atoms with Crippen LogP contribution in [0.25, 0.3) is 0 Å². The predicted octanol–water partition coefficient (Wildman–Crippen LogP) is 3.82. The summed E-state index contributed by atoms with van der Waals surface area (Å²) in [5.41, 5.74) is 1.57. The first kappa shape index (κ1) is 20.4. The van der Waals surface area contributed by atoms with Gasteiger partial charge in [0.05, 0.1) is 23.3 Å². The molecule has 0 fully saturated rings. The topological polar surface area (TPSA) is 72.5 Å². The van der Waals surface area contributed by atoms with E-state index >= 15 is 0 Å². The number of sulfone groups is 1. The molecule has 0 aromatic heterocycles.